The number of carbonyl (C=O) groups excluding carboxylic acids is 2. The van der Waals surface area contributed by atoms with E-state index in [4.69, 9.17) is 5.73 Å². The fourth-order valence-corrected chi connectivity index (χ4v) is 3.21. The molecule has 1 saturated carbocycles. The molecule has 0 spiro atoms. The van der Waals surface area contributed by atoms with Crippen molar-refractivity contribution in [1.29, 1.82) is 0 Å². The van der Waals surface area contributed by atoms with Gasteiger partial charge in [0.1, 0.15) is 0 Å². The van der Waals surface area contributed by atoms with Crippen LogP contribution in [0.25, 0.3) is 0 Å². The molecule has 1 fully saturated rings. The quantitative estimate of drug-likeness (QED) is 0.643. The summed E-state index contributed by atoms with van der Waals surface area (Å²) in [4.78, 5) is 23.7. The highest BCUT2D eigenvalue weighted by atomic mass is 16.3. The van der Waals surface area contributed by atoms with Crippen LogP contribution in [0.3, 0.4) is 0 Å². The normalized spacial score (nSPS) is 30.0. The molecule has 0 aromatic heterocycles. The lowest BCUT2D eigenvalue weighted by atomic mass is 9.75. The zero-order valence-corrected chi connectivity index (χ0v) is 12.3. The summed E-state index contributed by atoms with van der Waals surface area (Å²) < 4.78 is 0. The van der Waals surface area contributed by atoms with Crippen molar-refractivity contribution in [2.24, 2.45) is 11.7 Å². The lowest BCUT2D eigenvalue weighted by molar-refractivity contribution is -0.125. The summed E-state index contributed by atoms with van der Waals surface area (Å²) in [5.41, 5.74) is 7.65. The second kappa shape index (κ2) is 6.06. The van der Waals surface area contributed by atoms with E-state index in [0.29, 0.717) is 19.4 Å². The van der Waals surface area contributed by atoms with Crippen LogP contribution in [0.15, 0.2) is 24.3 Å². The zero-order chi connectivity index (χ0) is 15.7. The molecule has 4 atom stereocenters. The Morgan fingerprint density at radius 3 is 2.91 bits per heavy atom. The number of hydrogen-bond donors (Lipinski definition) is 4. The Morgan fingerprint density at radius 2 is 2.18 bits per heavy atom. The number of aliphatic hydroxyl groups is 1. The lowest BCUT2D eigenvalue weighted by Gasteiger charge is -2.38. The third-order valence-electron chi connectivity index (χ3n) is 4.63. The van der Waals surface area contributed by atoms with Crippen molar-refractivity contribution in [3.63, 3.8) is 0 Å². The fraction of sp³-hybridized carbons (Fsp3) is 0.500. The van der Waals surface area contributed by atoms with Crippen LogP contribution in [-0.4, -0.2) is 35.6 Å². The van der Waals surface area contributed by atoms with Crippen LogP contribution in [0, 0.1) is 5.92 Å². The molecule has 6 nitrogen and oxygen atoms in total. The zero-order valence-electron chi connectivity index (χ0n) is 12.3. The Bertz CT molecular complexity index is 582. The standard InChI is InChI=1S/C16H21N3O3/c17-12-7-14(20)11(12)6-15(21)18-8-9-5-16(22)19-13-4-2-1-3-10(9)13/h1-4,9,11-12,14,20H,5-8,17H2,(H,18,21)(H,19,22)/t9?,11-,12+,14-/m0/s1. The minimum Gasteiger partial charge on any atom is -0.393 e. The van der Waals surface area contributed by atoms with Crippen LogP contribution < -0.4 is 16.4 Å². The highest BCUT2D eigenvalue weighted by Gasteiger charge is 2.38. The number of nitrogens with two attached hydrogens (primary N) is 1. The number of rotatable bonds is 4. The van der Waals surface area contributed by atoms with Gasteiger partial charge in [-0.15, -0.1) is 0 Å². The van der Waals surface area contributed by atoms with Gasteiger partial charge in [0.05, 0.1) is 6.10 Å². The first-order valence-electron chi connectivity index (χ1n) is 7.63. The van der Waals surface area contributed by atoms with E-state index in [-0.39, 0.29) is 36.1 Å². The maximum absolute atomic E-state index is 12.0. The van der Waals surface area contributed by atoms with Crippen LogP contribution >= 0.6 is 0 Å². The third kappa shape index (κ3) is 2.98. The molecule has 0 bridgehead atoms. The molecule has 6 heteroatoms. The number of para-hydroxylation sites is 1. The molecule has 2 aliphatic rings. The molecule has 118 valence electrons. The molecule has 2 amide bonds. The fourth-order valence-electron chi connectivity index (χ4n) is 3.21. The minimum atomic E-state index is -0.470. The number of hydrogen-bond acceptors (Lipinski definition) is 4. The topological polar surface area (TPSA) is 104 Å². The SMILES string of the molecule is N[C@@H]1C[C@H](O)[C@H]1CC(=O)NCC1CC(=O)Nc2ccccc21. The van der Waals surface area contributed by atoms with Crippen molar-refractivity contribution in [1.82, 2.24) is 5.32 Å². The molecular formula is C16H21N3O3. The van der Waals surface area contributed by atoms with Gasteiger partial charge in [-0.25, -0.2) is 0 Å². The van der Waals surface area contributed by atoms with Gasteiger partial charge in [0.25, 0.3) is 0 Å². The maximum Gasteiger partial charge on any atom is 0.225 e. The number of amides is 2. The highest BCUT2D eigenvalue weighted by Crippen LogP contribution is 2.32. The Labute approximate surface area is 129 Å². The molecule has 1 unspecified atom stereocenters. The largest absolute Gasteiger partial charge is 0.393 e. The van der Waals surface area contributed by atoms with E-state index in [9.17, 15) is 14.7 Å². The van der Waals surface area contributed by atoms with Gasteiger partial charge < -0.3 is 21.5 Å². The number of carbonyl (C=O) groups is 2. The van der Waals surface area contributed by atoms with Gasteiger partial charge in [-0.1, -0.05) is 18.2 Å². The Kier molecular flexibility index (Phi) is 4.13. The Hall–Kier alpha value is -1.92. The molecule has 1 aromatic carbocycles. The molecule has 3 rings (SSSR count). The van der Waals surface area contributed by atoms with Crippen molar-refractivity contribution in [3.8, 4) is 0 Å². The van der Waals surface area contributed by atoms with Crippen molar-refractivity contribution in [2.45, 2.75) is 37.3 Å². The van der Waals surface area contributed by atoms with Gasteiger partial charge in [-0.2, -0.15) is 0 Å². The van der Waals surface area contributed by atoms with Gasteiger partial charge in [0, 0.05) is 43.0 Å². The molecule has 1 aromatic rings. The summed E-state index contributed by atoms with van der Waals surface area (Å²) in [5, 5.41) is 15.3. The summed E-state index contributed by atoms with van der Waals surface area (Å²) in [6.45, 7) is 0.418. The van der Waals surface area contributed by atoms with Gasteiger partial charge in [-0.3, -0.25) is 9.59 Å². The second-order valence-electron chi connectivity index (χ2n) is 6.18. The average molecular weight is 303 g/mol. The molecule has 22 heavy (non-hydrogen) atoms. The first-order chi connectivity index (χ1) is 10.5. The van der Waals surface area contributed by atoms with Gasteiger partial charge in [0.2, 0.25) is 11.8 Å². The lowest BCUT2D eigenvalue weighted by Crippen LogP contribution is -2.52. The van der Waals surface area contributed by atoms with Crippen LogP contribution in [0.4, 0.5) is 5.69 Å². The molecule has 5 N–H and O–H groups in total. The molecule has 1 heterocycles. The number of anilines is 1. The van der Waals surface area contributed by atoms with Crippen LogP contribution in [0.1, 0.15) is 30.7 Å². The van der Waals surface area contributed by atoms with Crippen molar-refractivity contribution in [3.05, 3.63) is 29.8 Å². The molecule has 1 aliphatic heterocycles. The molecule has 1 aliphatic carbocycles. The van der Waals surface area contributed by atoms with E-state index in [1.165, 1.54) is 0 Å². The van der Waals surface area contributed by atoms with Gasteiger partial charge in [-0.05, 0) is 18.1 Å². The molecule has 0 radical (unpaired) electrons. The van der Waals surface area contributed by atoms with E-state index in [2.05, 4.69) is 10.6 Å². The van der Waals surface area contributed by atoms with E-state index < -0.39 is 6.10 Å². The van der Waals surface area contributed by atoms with Gasteiger partial charge in [0.15, 0.2) is 0 Å². The second-order valence-corrected chi connectivity index (χ2v) is 6.18. The van der Waals surface area contributed by atoms with Crippen LogP contribution in [0.2, 0.25) is 0 Å². The highest BCUT2D eigenvalue weighted by molar-refractivity contribution is 5.94. The van der Waals surface area contributed by atoms with E-state index in [1.54, 1.807) is 0 Å². The average Bonchev–Trinajstić information content (AvgIpc) is 2.50. The maximum atomic E-state index is 12.0. The minimum absolute atomic E-state index is 0.0195. The summed E-state index contributed by atoms with van der Waals surface area (Å²) in [7, 11) is 0. The van der Waals surface area contributed by atoms with Crippen molar-refractivity contribution in [2.75, 3.05) is 11.9 Å². The van der Waals surface area contributed by atoms with E-state index in [1.807, 2.05) is 24.3 Å². The predicted molar refractivity (Wildman–Crippen MR) is 82.1 cm³/mol. The third-order valence-corrected chi connectivity index (χ3v) is 4.63. The van der Waals surface area contributed by atoms with Crippen molar-refractivity contribution < 1.29 is 14.7 Å². The first kappa shape index (κ1) is 15.0. The summed E-state index contributed by atoms with van der Waals surface area (Å²) >= 11 is 0. The van der Waals surface area contributed by atoms with Crippen molar-refractivity contribution >= 4 is 17.5 Å². The number of fused-ring (bicyclic) bond motifs is 1. The van der Waals surface area contributed by atoms with E-state index >= 15 is 0 Å². The molecule has 0 saturated heterocycles. The molecular weight excluding hydrogens is 282 g/mol. The first-order valence-corrected chi connectivity index (χ1v) is 7.63. The predicted octanol–water partition coefficient (Wildman–Crippen LogP) is 0.327. The number of nitrogens with one attached hydrogen (secondary N) is 2. The van der Waals surface area contributed by atoms with Crippen LogP contribution in [0.5, 0.6) is 0 Å². The summed E-state index contributed by atoms with van der Waals surface area (Å²) in [6, 6.07) is 7.54. The number of benzene rings is 1. The Morgan fingerprint density at radius 1 is 1.41 bits per heavy atom. The smallest absolute Gasteiger partial charge is 0.225 e. The summed E-state index contributed by atoms with van der Waals surface area (Å²) in [6.07, 6.45) is 0.696. The van der Waals surface area contributed by atoms with Crippen LogP contribution in [-0.2, 0) is 9.59 Å². The van der Waals surface area contributed by atoms with E-state index in [0.717, 1.165) is 11.3 Å². The van der Waals surface area contributed by atoms with Gasteiger partial charge >= 0.3 is 0 Å². The Balaban J connectivity index is 1.57. The summed E-state index contributed by atoms with van der Waals surface area (Å²) in [5.74, 6) is -0.326. The monoisotopic (exact) mass is 303 g/mol. The number of aliphatic hydroxyl groups excluding tert-OH is 1.